The average molecular weight is 266 g/mol. The number of benzene rings is 1. The molecule has 0 saturated heterocycles. The lowest BCUT2D eigenvalue weighted by Crippen LogP contribution is -2.25. The summed E-state index contributed by atoms with van der Waals surface area (Å²) in [7, 11) is 0. The van der Waals surface area contributed by atoms with E-state index >= 15 is 0 Å². The van der Waals surface area contributed by atoms with Crippen LogP contribution in [0.1, 0.15) is 0 Å². The highest BCUT2D eigenvalue weighted by atomic mass is 35.5. The van der Waals surface area contributed by atoms with E-state index in [2.05, 4.69) is 10.3 Å². The Kier molecular flexibility index (Phi) is 3.86. The summed E-state index contributed by atoms with van der Waals surface area (Å²) in [5, 5.41) is 11.2. The van der Waals surface area contributed by atoms with Crippen LogP contribution in [-0.4, -0.2) is 22.4 Å². The van der Waals surface area contributed by atoms with E-state index in [0.717, 1.165) is 5.69 Å². The van der Waals surface area contributed by atoms with Crippen molar-refractivity contribution in [2.45, 2.75) is 5.38 Å². The standard InChI is InChI=1S/C12H12ClN3S/c1-17-12-11(14)9(13)7-10(16-12)15-8-5-3-2-4-6-8/h2-7,9,14-15H,1H3. The van der Waals surface area contributed by atoms with Gasteiger partial charge in [-0.05, 0) is 24.5 Å². The van der Waals surface area contributed by atoms with Gasteiger partial charge in [0.25, 0.3) is 0 Å². The number of allylic oxidation sites excluding steroid dienone is 1. The molecule has 1 aromatic rings. The number of para-hydroxylation sites is 1. The molecule has 0 aliphatic carbocycles. The fourth-order valence-electron chi connectivity index (χ4n) is 1.44. The minimum Gasteiger partial charge on any atom is -0.340 e. The van der Waals surface area contributed by atoms with Gasteiger partial charge in [-0.1, -0.05) is 18.2 Å². The van der Waals surface area contributed by atoms with E-state index in [9.17, 15) is 0 Å². The largest absolute Gasteiger partial charge is 0.340 e. The van der Waals surface area contributed by atoms with Crippen LogP contribution in [0, 0.1) is 5.41 Å². The topological polar surface area (TPSA) is 48.2 Å². The molecule has 1 aromatic carbocycles. The van der Waals surface area contributed by atoms with E-state index in [0.29, 0.717) is 16.6 Å². The molecule has 3 nitrogen and oxygen atoms in total. The van der Waals surface area contributed by atoms with Gasteiger partial charge in [0.05, 0.1) is 11.1 Å². The SMILES string of the molecule is CSC1=NC(Nc2ccccc2)=CC(Cl)C1=N. The minimum atomic E-state index is -0.416. The van der Waals surface area contributed by atoms with Gasteiger partial charge in [-0.3, -0.25) is 0 Å². The second kappa shape index (κ2) is 5.38. The Morgan fingerprint density at radius 2 is 2.06 bits per heavy atom. The summed E-state index contributed by atoms with van der Waals surface area (Å²) in [5.74, 6) is 0.691. The molecule has 1 atom stereocenters. The van der Waals surface area contributed by atoms with Gasteiger partial charge in [-0.2, -0.15) is 0 Å². The summed E-state index contributed by atoms with van der Waals surface area (Å²) in [6.07, 6.45) is 3.64. The Labute approximate surface area is 109 Å². The van der Waals surface area contributed by atoms with Crippen molar-refractivity contribution in [2.75, 3.05) is 11.6 Å². The molecule has 1 unspecified atom stereocenters. The molecule has 0 fully saturated rings. The summed E-state index contributed by atoms with van der Waals surface area (Å²) in [6.45, 7) is 0. The van der Waals surface area contributed by atoms with Crippen molar-refractivity contribution in [1.82, 2.24) is 0 Å². The van der Waals surface area contributed by atoms with Crippen molar-refractivity contribution in [3.05, 3.63) is 42.2 Å². The van der Waals surface area contributed by atoms with Gasteiger partial charge in [-0.25, -0.2) is 4.99 Å². The molecule has 2 rings (SSSR count). The zero-order valence-corrected chi connectivity index (χ0v) is 10.8. The number of anilines is 1. The lowest BCUT2D eigenvalue weighted by atomic mass is 10.2. The average Bonchev–Trinajstić information content (AvgIpc) is 2.35. The third-order valence-corrected chi connectivity index (χ3v) is 3.31. The van der Waals surface area contributed by atoms with Gasteiger partial charge >= 0.3 is 0 Å². The Hall–Kier alpha value is -1.26. The monoisotopic (exact) mass is 265 g/mol. The van der Waals surface area contributed by atoms with Gasteiger partial charge in [0, 0.05) is 5.69 Å². The number of rotatable bonds is 2. The first-order valence-electron chi connectivity index (χ1n) is 5.10. The van der Waals surface area contributed by atoms with E-state index < -0.39 is 5.38 Å². The summed E-state index contributed by atoms with van der Waals surface area (Å²) >= 11 is 7.50. The zero-order chi connectivity index (χ0) is 12.3. The van der Waals surface area contributed by atoms with Crippen molar-refractivity contribution in [3.8, 4) is 0 Å². The number of nitrogens with one attached hydrogen (secondary N) is 2. The molecule has 88 valence electrons. The number of aliphatic imine (C=N–C) groups is 1. The Balaban J connectivity index is 2.20. The van der Waals surface area contributed by atoms with Crippen molar-refractivity contribution in [3.63, 3.8) is 0 Å². The van der Waals surface area contributed by atoms with Crippen LogP contribution in [0.5, 0.6) is 0 Å². The van der Waals surface area contributed by atoms with E-state index in [4.69, 9.17) is 17.0 Å². The third kappa shape index (κ3) is 2.90. The molecule has 1 heterocycles. The van der Waals surface area contributed by atoms with Gasteiger partial charge in [0.2, 0.25) is 0 Å². The van der Waals surface area contributed by atoms with Gasteiger partial charge in [0.1, 0.15) is 10.9 Å². The van der Waals surface area contributed by atoms with Crippen LogP contribution in [0.25, 0.3) is 0 Å². The maximum absolute atomic E-state index is 7.77. The molecule has 0 bridgehead atoms. The smallest absolute Gasteiger partial charge is 0.129 e. The van der Waals surface area contributed by atoms with Gasteiger partial charge in [-0.15, -0.1) is 23.4 Å². The molecule has 1 aliphatic rings. The molecule has 1 aliphatic heterocycles. The van der Waals surface area contributed by atoms with Crippen molar-refractivity contribution in [2.24, 2.45) is 4.99 Å². The number of nitrogens with zero attached hydrogens (tertiary/aromatic N) is 1. The second-order valence-electron chi connectivity index (χ2n) is 3.48. The number of halogens is 1. The first kappa shape index (κ1) is 12.2. The lowest BCUT2D eigenvalue weighted by Gasteiger charge is -2.17. The highest BCUT2D eigenvalue weighted by Gasteiger charge is 2.20. The van der Waals surface area contributed by atoms with Crippen LogP contribution in [0.15, 0.2) is 47.2 Å². The number of hydrogen-bond donors (Lipinski definition) is 2. The normalized spacial score (nSPS) is 19.6. The molecule has 0 saturated carbocycles. The Morgan fingerprint density at radius 1 is 1.35 bits per heavy atom. The predicted octanol–water partition coefficient (Wildman–Crippen LogP) is 3.34. The van der Waals surface area contributed by atoms with Crippen molar-refractivity contribution in [1.29, 1.82) is 5.41 Å². The van der Waals surface area contributed by atoms with Crippen molar-refractivity contribution < 1.29 is 0 Å². The van der Waals surface area contributed by atoms with E-state index in [1.807, 2.05) is 36.6 Å². The summed E-state index contributed by atoms with van der Waals surface area (Å²) in [6, 6.07) is 9.77. The van der Waals surface area contributed by atoms with Crippen LogP contribution in [0.3, 0.4) is 0 Å². The molecule has 17 heavy (non-hydrogen) atoms. The summed E-state index contributed by atoms with van der Waals surface area (Å²) in [5.41, 5.74) is 1.32. The van der Waals surface area contributed by atoms with E-state index in [1.54, 1.807) is 6.08 Å². The zero-order valence-electron chi connectivity index (χ0n) is 9.27. The fraction of sp³-hybridized carbons (Fsp3) is 0.167. The number of hydrogen-bond acceptors (Lipinski definition) is 4. The minimum absolute atomic E-state index is 0.359. The van der Waals surface area contributed by atoms with Crippen LogP contribution in [0.4, 0.5) is 5.69 Å². The quantitative estimate of drug-likeness (QED) is 0.806. The Bertz CT molecular complexity index is 482. The maximum atomic E-state index is 7.77. The first-order chi connectivity index (χ1) is 8.20. The molecule has 0 radical (unpaired) electrons. The molecular formula is C12H12ClN3S. The van der Waals surface area contributed by atoms with Crippen LogP contribution < -0.4 is 5.32 Å². The highest BCUT2D eigenvalue weighted by Crippen LogP contribution is 2.20. The Morgan fingerprint density at radius 3 is 2.71 bits per heavy atom. The first-order valence-corrected chi connectivity index (χ1v) is 6.76. The highest BCUT2D eigenvalue weighted by molar-refractivity contribution is 8.15. The lowest BCUT2D eigenvalue weighted by molar-refractivity contribution is 1.23. The van der Waals surface area contributed by atoms with Crippen LogP contribution in [-0.2, 0) is 0 Å². The second-order valence-corrected chi connectivity index (χ2v) is 4.74. The fourth-order valence-corrected chi connectivity index (χ4v) is 2.27. The molecular weight excluding hydrogens is 254 g/mol. The maximum Gasteiger partial charge on any atom is 0.129 e. The summed E-state index contributed by atoms with van der Waals surface area (Å²) < 4.78 is 0. The molecule has 2 N–H and O–H groups in total. The predicted molar refractivity (Wildman–Crippen MR) is 76.5 cm³/mol. The van der Waals surface area contributed by atoms with Crippen molar-refractivity contribution >= 4 is 39.8 Å². The van der Waals surface area contributed by atoms with Gasteiger partial charge < -0.3 is 10.7 Å². The summed E-state index contributed by atoms with van der Waals surface area (Å²) in [4.78, 5) is 4.35. The number of thioether (sulfide) groups is 1. The van der Waals surface area contributed by atoms with Crippen LogP contribution >= 0.6 is 23.4 Å². The third-order valence-electron chi connectivity index (χ3n) is 2.27. The molecule has 0 amide bonds. The molecule has 0 spiro atoms. The molecule has 5 heteroatoms. The number of alkyl halides is 1. The van der Waals surface area contributed by atoms with E-state index in [-0.39, 0.29) is 0 Å². The van der Waals surface area contributed by atoms with Gasteiger partial charge in [0.15, 0.2) is 0 Å². The van der Waals surface area contributed by atoms with Crippen LogP contribution in [0.2, 0.25) is 0 Å². The van der Waals surface area contributed by atoms with E-state index in [1.165, 1.54) is 11.8 Å². The molecule has 0 aromatic heterocycles.